The second-order valence-electron chi connectivity index (χ2n) is 11.0. The van der Waals surface area contributed by atoms with Crippen LogP contribution in [0, 0.1) is 5.92 Å². The van der Waals surface area contributed by atoms with Gasteiger partial charge in [0.2, 0.25) is 12.7 Å². The molecule has 1 amide bonds. The van der Waals surface area contributed by atoms with Crippen LogP contribution in [0.4, 0.5) is 5.69 Å². The van der Waals surface area contributed by atoms with Gasteiger partial charge in [-0.3, -0.25) is 14.4 Å². The fraction of sp³-hybridized carbons (Fsp3) is 0.387. The fourth-order valence-corrected chi connectivity index (χ4v) is 6.32. The highest BCUT2D eigenvalue weighted by Gasteiger charge is 2.31. The predicted octanol–water partition coefficient (Wildman–Crippen LogP) is 3.50. The second kappa shape index (κ2) is 12.6. The maximum atomic E-state index is 13.5. The zero-order valence-electron chi connectivity index (χ0n) is 24.0. The molecule has 2 heterocycles. The summed E-state index contributed by atoms with van der Waals surface area (Å²) in [5, 5.41) is 9.91. The first-order valence-electron chi connectivity index (χ1n) is 14.0. The van der Waals surface area contributed by atoms with Crippen LogP contribution in [0.3, 0.4) is 0 Å². The molecule has 0 aromatic heterocycles. The lowest BCUT2D eigenvalue weighted by Gasteiger charge is -2.34. The van der Waals surface area contributed by atoms with E-state index in [1.165, 1.54) is 12.1 Å². The van der Waals surface area contributed by atoms with Crippen LogP contribution in [-0.4, -0.2) is 74.9 Å². The van der Waals surface area contributed by atoms with E-state index in [-0.39, 0.29) is 48.7 Å². The van der Waals surface area contributed by atoms with E-state index in [2.05, 4.69) is 9.62 Å². The number of ether oxygens (including phenoxy) is 3. The number of sulfonamides is 1. The summed E-state index contributed by atoms with van der Waals surface area (Å²) >= 11 is 0. The van der Waals surface area contributed by atoms with Gasteiger partial charge in [0.25, 0.3) is 10.0 Å². The summed E-state index contributed by atoms with van der Waals surface area (Å²) in [4.78, 5) is 17.5. The summed E-state index contributed by atoms with van der Waals surface area (Å²) in [5.74, 6) is 1.76. The Bertz CT molecular complexity index is 1520. The maximum Gasteiger partial charge on any atom is 0.261 e. The highest BCUT2D eigenvalue weighted by molar-refractivity contribution is 7.92. The lowest BCUT2D eigenvalue weighted by Crippen LogP contribution is -2.47. The SMILES string of the molecule is C[C@@H]1CN([C@H](C)CO)C(=O)Cc2cc(NS(=O)(=O)c3ccccc3)ccc2O[C@H]1CN(C)Cc1ccc2c(c1)OCO2. The van der Waals surface area contributed by atoms with Gasteiger partial charge in [-0.1, -0.05) is 31.2 Å². The van der Waals surface area contributed by atoms with E-state index in [1.807, 2.05) is 39.1 Å². The lowest BCUT2D eigenvalue weighted by atomic mass is 10.0. The van der Waals surface area contributed by atoms with Crippen molar-refractivity contribution in [2.45, 2.75) is 43.9 Å². The van der Waals surface area contributed by atoms with Crippen molar-refractivity contribution in [2.75, 3.05) is 38.3 Å². The van der Waals surface area contributed by atoms with Gasteiger partial charge in [0.1, 0.15) is 11.9 Å². The number of fused-ring (bicyclic) bond motifs is 2. The third kappa shape index (κ3) is 6.80. The molecule has 42 heavy (non-hydrogen) atoms. The Balaban J connectivity index is 1.40. The van der Waals surface area contributed by atoms with Crippen molar-refractivity contribution in [3.63, 3.8) is 0 Å². The largest absolute Gasteiger partial charge is 0.488 e. The quantitative estimate of drug-likeness (QED) is 0.386. The number of aliphatic hydroxyl groups is 1. The molecule has 0 radical (unpaired) electrons. The molecular weight excluding hydrogens is 558 g/mol. The van der Waals surface area contributed by atoms with E-state index in [0.29, 0.717) is 36.6 Å². The van der Waals surface area contributed by atoms with Gasteiger partial charge in [0.05, 0.1) is 24.0 Å². The van der Waals surface area contributed by atoms with E-state index in [1.54, 1.807) is 41.3 Å². The molecule has 3 aromatic carbocycles. The van der Waals surface area contributed by atoms with Gasteiger partial charge in [0.15, 0.2) is 11.5 Å². The van der Waals surface area contributed by atoms with Crippen molar-refractivity contribution in [2.24, 2.45) is 5.92 Å². The van der Waals surface area contributed by atoms with E-state index in [9.17, 15) is 18.3 Å². The summed E-state index contributed by atoms with van der Waals surface area (Å²) in [6, 6.07) is 18.6. The van der Waals surface area contributed by atoms with Crippen LogP contribution in [0.25, 0.3) is 0 Å². The van der Waals surface area contributed by atoms with Crippen LogP contribution in [0.15, 0.2) is 71.6 Å². The van der Waals surface area contributed by atoms with E-state index >= 15 is 0 Å². The van der Waals surface area contributed by atoms with E-state index < -0.39 is 10.0 Å². The van der Waals surface area contributed by atoms with Gasteiger partial charge in [-0.2, -0.15) is 0 Å². The number of likely N-dealkylation sites (N-methyl/N-ethyl adjacent to an activating group) is 1. The Hall–Kier alpha value is -3.80. The Labute approximate surface area is 246 Å². The van der Waals surface area contributed by atoms with Gasteiger partial charge in [-0.25, -0.2) is 8.42 Å². The first-order chi connectivity index (χ1) is 20.1. The molecule has 2 aliphatic rings. The molecule has 3 atom stereocenters. The average molecular weight is 596 g/mol. The Morgan fingerprint density at radius 3 is 2.55 bits per heavy atom. The molecule has 2 aliphatic heterocycles. The topological polar surface area (TPSA) is 118 Å². The maximum absolute atomic E-state index is 13.5. The number of amides is 1. The van der Waals surface area contributed by atoms with Crippen molar-refractivity contribution < 1.29 is 32.5 Å². The molecule has 0 aliphatic carbocycles. The molecule has 224 valence electrons. The van der Waals surface area contributed by atoms with Crippen molar-refractivity contribution in [3.05, 3.63) is 77.9 Å². The van der Waals surface area contributed by atoms with Crippen LogP contribution < -0.4 is 18.9 Å². The standard InChI is InChI=1S/C31H37N3O7S/c1-21-16-34(22(2)19-35)31(36)15-24-14-25(32-42(37,38)26-7-5-4-6-8-26)10-12-27(24)41-30(21)18-33(3)17-23-9-11-28-29(13-23)40-20-39-28/h4-14,21-22,30,32,35H,15-20H2,1-3H3/t21-,22-,30+/m1/s1. The third-order valence-electron chi connectivity index (χ3n) is 7.60. The monoisotopic (exact) mass is 595 g/mol. The minimum absolute atomic E-state index is 0.00700. The van der Waals surface area contributed by atoms with E-state index in [4.69, 9.17) is 14.2 Å². The molecule has 2 N–H and O–H groups in total. The van der Waals surface area contributed by atoms with Crippen LogP contribution in [-0.2, 0) is 27.8 Å². The molecule has 3 aromatic rings. The zero-order valence-corrected chi connectivity index (χ0v) is 24.8. The smallest absolute Gasteiger partial charge is 0.261 e. The Morgan fingerprint density at radius 1 is 1.05 bits per heavy atom. The second-order valence-corrected chi connectivity index (χ2v) is 12.7. The first-order valence-corrected chi connectivity index (χ1v) is 15.5. The predicted molar refractivity (Wildman–Crippen MR) is 158 cm³/mol. The van der Waals surface area contributed by atoms with Crippen LogP contribution in [0.1, 0.15) is 25.0 Å². The van der Waals surface area contributed by atoms with Crippen LogP contribution in [0.2, 0.25) is 0 Å². The number of aliphatic hydroxyl groups excluding tert-OH is 1. The lowest BCUT2D eigenvalue weighted by molar-refractivity contribution is -0.134. The molecule has 0 unspecified atom stereocenters. The zero-order chi connectivity index (χ0) is 29.9. The Morgan fingerprint density at radius 2 is 1.79 bits per heavy atom. The summed E-state index contributed by atoms with van der Waals surface area (Å²) in [6.45, 7) is 5.52. The summed E-state index contributed by atoms with van der Waals surface area (Å²) in [6.07, 6.45) is -0.290. The highest BCUT2D eigenvalue weighted by Crippen LogP contribution is 2.33. The first kappa shape index (κ1) is 29.7. The highest BCUT2D eigenvalue weighted by atomic mass is 32.2. The van der Waals surface area contributed by atoms with Gasteiger partial charge in [-0.15, -0.1) is 0 Å². The number of carbonyl (C=O) groups excluding carboxylic acids is 1. The molecule has 0 bridgehead atoms. The van der Waals surface area contributed by atoms with E-state index in [0.717, 1.165) is 17.1 Å². The summed E-state index contributed by atoms with van der Waals surface area (Å²) in [5.41, 5.74) is 1.97. The van der Waals surface area contributed by atoms with Gasteiger partial charge in [0, 0.05) is 36.8 Å². The number of anilines is 1. The number of hydrogen-bond donors (Lipinski definition) is 2. The number of carbonyl (C=O) groups is 1. The normalized spacial score (nSPS) is 19.4. The molecule has 11 heteroatoms. The number of benzene rings is 3. The summed E-state index contributed by atoms with van der Waals surface area (Å²) < 4.78 is 46.1. The Kier molecular flexibility index (Phi) is 8.91. The molecule has 0 saturated heterocycles. The number of nitrogens with one attached hydrogen (secondary N) is 1. The molecule has 0 saturated carbocycles. The summed E-state index contributed by atoms with van der Waals surface area (Å²) in [7, 11) is -1.81. The molecular formula is C31H37N3O7S. The fourth-order valence-electron chi connectivity index (χ4n) is 5.25. The van der Waals surface area contributed by atoms with Crippen LogP contribution >= 0.6 is 0 Å². The number of nitrogens with zero attached hydrogens (tertiary/aromatic N) is 2. The third-order valence-corrected chi connectivity index (χ3v) is 9.00. The minimum Gasteiger partial charge on any atom is -0.488 e. The van der Waals surface area contributed by atoms with Crippen molar-refractivity contribution in [3.8, 4) is 17.2 Å². The number of hydrogen-bond acceptors (Lipinski definition) is 8. The minimum atomic E-state index is -3.82. The van der Waals surface area contributed by atoms with Gasteiger partial charge >= 0.3 is 0 Å². The van der Waals surface area contributed by atoms with Crippen molar-refractivity contribution in [1.82, 2.24) is 9.80 Å². The van der Waals surface area contributed by atoms with Gasteiger partial charge in [-0.05, 0) is 62.0 Å². The van der Waals surface area contributed by atoms with Crippen molar-refractivity contribution in [1.29, 1.82) is 0 Å². The molecule has 0 fully saturated rings. The van der Waals surface area contributed by atoms with Gasteiger partial charge < -0.3 is 24.2 Å². The average Bonchev–Trinajstić information content (AvgIpc) is 3.45. The number of rotatable bonds is 9. The molecule has 10 nitrogen and oxygen atoms in total. The molecule has 5 rings (SSSR count). The van der Waals surface area contributed by atoms with Crippen molar-refractivity contribution >= 4 is 21.6 Å². The molecule has 0 spiro atoms. The van der Waals surface area contributed by atoms with Crippen LogP contribution in [0.5, 0.6) is 17.2 Å².